The van der Waals surface area contributed by atoms with Gasteiger partial charge in [-0.05, 0) is 54.0 Å². The van der Waals surface area contributed by atoms with Gasteiger partial charge in [0.25, 0.3) is 0 Å². The molecule has 2 aromatic carbocycles. The van der Waals surface area contributed by atoms with Gasteiger partial charge in [-0.15, -0.1) is 0 Å². The van der Waals surface area contributed by atoms with Crippen molar-refractivity contribution in [2.75, 3.05) is 0 Å². The van der Waals surface area contributed by atoms with Gasteiger partial charge in [-0.25, -0.2) is 16.8 Å². The van der Waals surface area contributed by atoms with E-state index in [0.717, 1.165) is 57.8 Å². The maximum Gasteiger partial charge on any atom is 1.00 e. The molecule has 2 aromatic rings. The van der Waals surface area contributed by atoms with Crippen LogP contribution in [0, 0.1) is 11.8 Å². The Labute approximate surface area is 275 Å². The molecule has 0 saturated carbocycles. The summed E-state index contributed by atoms with van der Waals surface area (Å²) in [7, 11) is -10.4. The molecule has 0 amide bonds. The summed E-state index contributed by atoms with van der Waals surface area (Å²) in [6.07, 6.45) is 10.5. The first-order chi connectivity index (χ1) is 16.8. The number of aryl methyl sites for hydroxylation is 1. The van der Waals surface area contributed by atoms with Crippen LogP contribution in [0.2, 0.25) is 0 Å². The molecule has 6 nitrogen and oxygen atoms in total. The maximum atomic E-state index is 12.4. The molecule has 0 aliphatic heterocycles. The first kappa shape index (κ1) is 38.5. The van der Waals surface area contributed by atoms with Crippen molar-refractivity contribution < 1.29 is 85.1 Å². The van der Waals surface area contributed by atoms with Crippen molar-refractivity contribution in [3.63, 3.8) is 0 Å². The zero-order chi connectivity index (χ0) is 26.9. The van der Waals surface area contributed by atoms with Crippen molar-refractivity contribution in [3.8, 4) is 0 Å². The van der Waals surface area contributed by atoms with Crippen LogP contribution in [0.1, 0.15) is 103 Å². The summed E-state index contributed by atoms with van der Waals surface area (Å²) < 4.78 is 74.2. The second-order valence-electron chi connectivity index (χ2n) is 10.8. The summed E-state index contributed by atoms with van der Waals surface area (Å²) in [5, 5.41) is 0.578. The van der Waals surface area contributed by atoms with Gasteiger partial charge in [0.2, 0.25) is 0 Å². The topological polar surface area (TPSA) is 114 Å². The molecule has 0 spiro atoms. The zero-order valence-electron chi connectivity index (χ0n) is 24.2. The Morgan fingerprint density at radius 1 is 0.579 bits per heavy atom. The van der Waals surface area contributed by atoms with Gasteiger partial charge < -0.3 is 9.11 Å². The summed E-state index contributed by atoms with van der Waals surface area (Å²) >= 11 is 0. The first-order valence-corrected chi connectivity index (χ1v) is 16.1. The van der Waals surface area contributed by atoms with Crippen LogP contribution in [-0.2, 0) is 33.1 Å². The van der Waals surface area contributed by atoms with Crippen molar-refractivity contribution in [1.82, 2.24) is 0 Å². The Bertz CT molecular complexity index is 1210. The third kappa shape index (κ3) is 12.2. The fraction of sp³-hybridized carbons (Fsp3) is 0.643. The van der Waals surface area contributed by atoms with Crippen LogP contribution in [0.5, 0.6) is 0 Å². The second kappa shape index (κ2) is 18.1. The minimum absolute atomic E-state index is 0. The van der Waals surface area contributed by atoms with Gasteiger partial charge in [0.15, 0.2) is 0 Å². The molecule has 0 radical (unpaired) electrons. The molecule has 2 rings (SSSR count). The van der Waals surface area contributed by atoms with Crippen molar-refractivity contribution in [3.05, 3.63) is 35.4 Å². The minimum Gasteiger partial charge on any atom is -0.744 e. The van der Waals surface area contributed by atoms with Crippen LogP contribution in [0.3, 0.4) is 0 Å². The van der Waals surface area contributed by atoms with E-state index >= 15 is 0 Å². The fourth-order valence-corrected chi connectivity index (χ4v) is 7.26. The molecule has 0 fully saturated rings. The van der Waals surface area contributed by atoms with Crippen LogP contribution in [0.4, 0.5) is 0 Å². The molecule has 204 valence electrons. The average Bonchev–Trinajstić information content (AvgIpc) is 2.76. The summed E-state index contributed by atoms with van der Waals surface area (Å²) in [5.74, 6) is 1.26. The predicted molar refractivity (Wildman–Crippen MR) is 143 cm³/mol. The van der Waals surface area contributed by atoms with Gasteiger partial charge in [0.1, 0.15) is 20.2 Å². The molecule has 0 aliphatic rings. The van der Waals surface area contributed by atoms with Gasteiger partial charge in [-0.2, -0.15) is 0 Å². The molecule has 0 N–H and O–H groups in total. The molecular weight excluding hydrogens is 542 g/mol. The molecule has 0 unspecified atom stereocenters. The third-order valence-electron chi connectivity index (χ3n) is 6.76. The van der Waals surface area contributed by atoms with Crippen LogP contribution in [-0.4, -0.2) is 25.9 Å². The van der Waals surface area contributed by atoms with E-state index in [1.165, 1.54) is 6.07 Å². The molecule has 10 heteroatoms. The monoisotopic (exact) mass is 584 g/mol. The SMILES string of the molecule is CC(C)CCCCCCc1c(S(=O)(=O)[O-])c(S(=O)(=O)[O-])c2ccccc2c1CCCCCCC(C)C.[Na+].[Na+]. The minimum atomic E-state index is -5.20. The van der Waals surface area contributed by atoms with Crippen LogP contribution in [0.25, 0.3) is 10.8 Å². The largest absolute Gasteiger partial charge is 1.00 e. The normalized spacial score (nSPS) is 12.1. The Kier molecular flexibility index (Phi) is 18.4. The summed E-state index contributed by atoms with van der Waals surface area (Å²) in [4.78, 5) is -1.71. The maximum absolute atomic E-state index is 12.4. The van der Waals surface area contributed by atoms with Crippen molar-refractivity contribution >= 4 is 31.0 Å². The first-order valence-electron chi connectivity index (χ1n) is 13.3. The van der Waals surface area contributed by atoms with Gasteiger partial charge in [-0.1, -0.05) is 103 Å². The molecular formula is C28H42Na2O6S2. The van der Waals surface area contributed by atoms with E-state index in [9.17, 15) is 25.9 Å². The number of rotatable bonds is 16. The Morgan fingerprint density at radius 2 is 0.974 bits per heavy atom. The van der Waals surface area contributed by atoms with E-state index in [1.54, 1.807) is 18.2 Å². The van der Waals surface area contributed by atoms with E-state index in [-0.39, 0.29) is 76.5 Å². The van der Waals surface area contributed by atoms with Crippen LogP contribution >= 0.6 is 0 Å². The second-order valence-corrected chi connectivity index (χ2v) is 13.4. The third-order valence-corrected chi connectivity index (χ3v) is 8.76. The van der Waals surface area contributed by atoms with E-state index < -0.39 is 30.0 Å². The van der Waals surface area contributed by atoms with Crippen LogP contribution in [0.15, 0.2) is 34.1 Å². The summed E-state index contributed by atoms with van der Waals surface area (Å²) in [6, 6.07) is 6.46. The van der Waals surface area contributed by atoms with Gasteiger partial charge in [-0.3, -0.25) is 0 Å². The smallest absolute Gasteiger partial charge is 0.744 e. The summed E-state index contributed by atoms with van der Waals surface area (Å²) in [6.45, 7) is 8.72. The number of hydrogen-bond donors (Lipinski definition) is 0. The van der Waals surface area contributed by atoms with E-state index in [2.05, 4.69) is 27.7 Å². The zero-order valence-corrected chi connectivity index (χ0v) is 29.8. The number of hydrogen-bond acceptors (Lipinski definition) is 6. The molecule has 0 aliphatic carbocycles. The van der Waals surface area contributed by atoms with Gasteiger partial charge in [0, 0.05) is 5.39 Å². The molecule has 0 bridgehead atoms. The Hall–Kier alpha value is 0.520. The number of unbranched alkanes of at least 4 members (excludes halogenated alkanes) is 6. The fourth-order valence-electron chi connectivity index (χ4n) is 4.98. The van der Waals surface area contributed by atoms with E-state index in [0.29, 0.717) is 35.6 Å². The number of fused-ring (bicyclic) bond motifs is 1. The number of benzene rings is 2. The quantitative estimate of drug-likeness (QED) is 0.165. The Morgan fingerprint density at radius 3 is 1.39 bits per heavy atom. The molecule has 0 saturated heterocycles. The van der Waals surface area contributed by atoms with E-state index in [1.807, 2.05) is 0 Å². The van der Waals surface area contributed by atoms with Crippen molar-refractivity contribution in [2.45, 2.75) is 115 Å². The molecule has 0 heterocycles. The molecule has 0 atom stereocenters. The van der Waals surface area contributed by atoms with Crippen molar-refractivity contribution in [2.24, 2.45) is 11.8 Å². The predicted octanol–water partition coefficient (Wildman–Crippen LogP) is 0.954. The van der Waals surface area contributed by atoms with E-state index in [4.69, 9.17) is 0 Å². The summed E-state index contributed by atoms with van der Waals surface area (Å²) in [5.41, 5.74) is 0.919. The van der Waals surface area contributed by atoms with Crippen LogP contribution < -0.4 is 59.1 Å². The Balaban J connectivity index is 0.00000684. The van der Waals surface area contributed by atoms with Gasteiger partial charge >= 0.3 is 59.1 Å². The molecule has 0 aromatic heterocycles. The standard InChI is InChI=1S/C28H44O6S2.2Na/c1-21(2)15-9-5-7-11-17-23-24-18-13-14-20-26(24)28(36(32,33)34)27(35(29,30)31)25(23)19-12-8-6-10-16-22(3)4;;/h13-14,18,20-22H,5-12,15-17,19H2,1-4H3,(H,29,30,31)(H,32,33,34);;/q;2*+1/p-2. The molecule has 38 heavy (non-hydrogen) atoms. The van der Waals surface area contributed by atoms with Gasteiger partial charge in [0.05, 0.1) is 9.79 Å². The average molecular weight is 585 g/mol. The van der Waals surface area contributed by atoms with Crippen molar-refractivity contribution in [1.29, 1.82) is 0 Å².